The van der Waals surface area contributed by atoms with E-state index in [2.05, 4.69) is 10.3 Å². The molecule has 0 amide bonds. The van der Waals surface area contributed by atoms with Crippen LogP contribution >= 0.6 is 22.9 Å². The highest BCUT2D eigenvalue weighted by Crippen LogP contribution is 2.35. The quantitative estimate of drug-likeness (QED) is 0.616. The average Bonchev–Trinajstić information content (AvgIpc) is 3.04. The predicted molar refractivity (Wildman–Crippen MR) is 107 cm³/mol. The van der Waals surface area contributed by atoms with Crippen LogP contribution in [-0.2, 0) is 0 Å². The number of ether oxygens (including phenoxy) is 2. The summed E-state index contributed by atoms with van der Waals surface area (Å²) in [5.74, 6) is 1.49. The first kappa shape index (κ1) is 17.8. The molecule has 1 aliphatic heterocycles. The topological polar surface area (TPSA) is 60.5 Å². The number of ketones is 1. The Labute approximate surface area is 165 Å². The Morgan fingerprint density at radius 3 is 2.70 bits per heavy atom. The molecule has 0 spiro atoms. The van der Waals surface area contributed by atoms with E-state index >= 15 is 0 Å². The highest BCUT2D eigenvalue weighted by molar-refractivity contribution is 7.14. The summed E-state index contributed by atoms with van der Waals surface area (Å²) in [6, 6.07) is 12.7. The number of benzene rings is 2. The molecule has 4 rings (SSSR count). The van der Waals surface area contributed by atoms with Gasteiger partial charge in [-0.25, -0.2) is 4.98 Å². The summed E-state index contributed by atoms with van der Waals surface area (Å²) in [5, 5.41) is 6.35. The lowest BCUT2D eigenvalue weighted by atomic mass is 10.1. The zero-order chi connectivity index (χ0) is 18.6. The van der Waals surface area contributed by atoms with Crippen molar-refractivity contribution >= 4 is 33.9 Å². The van der Waals surface area contributed by atoms with E-state index in [0.717, 1.165) is 29.2 Å². The van der Waals surface area contributed by atoms with Crippen molar-refractivity contribution in [3.63, 3.8) is 0 Å². The molecule has 3 aromatic rings. The number of halogens is 1. The van der Waals surface area contributed by atoms with Gasteiger partial charge in [-0.15, -0.1) is 11.3 Å². The normalized spacial score (nSPS) is 13.1. The maximum Gasteiger partial charge on any atom is 0.183 e. The van der Waals surface area contributed by atoms with Crippen LogP contribution in [0.2, 0.25) is 5.02 Å². The lowest BCUT2D eigenvalue weighted by Gasteiger charge is -2.08. The molecule has 27 heavy (non-hydrogen) atoms. The number of nitrogens with zero attached hydrogens (tertiary/aromatic N) is 1. The second-order valence-electron chi connectivity index (χ2n) is 6.03. The molecule has 0 aliphatic carbocycles. The third-order valence-corrected chi connectivity index (χ3v) is 5.17. The second kappa shape index (κ2) is 7.98. The fourth-order valence-corrected chi connectivity index (χ4v) is 3.55. The molecule has 0 unspecified atom stereocenters. The summed E-state index contributed by atoms with van der Waals surface area (Å²) in [7, 11) is 0. The number of aromatic nitrogens is 1. The predicted octanol–water partition coefficient (Wildman–Crippen LogP) is 4.92. The first-order valence-electron chi connectivity index (χ1n) is 8.57. The largest absolute Gasteiger partial charge is 0.490 e. The first-order valence-corrected chi connectivity index (χ1v) is 9.83. The lowest BCUT2D eigenvalue weighted by molar-refractivity contribution is 0.101. The number of anilines is 1. The molecule has 138 valence electrons. The van der Waals surface area contributed by atoms with Crippen molar-refractivity contribution in [2.75, 3.05) is 25.1 Å². The van der Waals surface area contributed by atoms with Crippen LogP contribution in [0.5, 0.6) is 11.5 Å². The van der Waals surface area contributed by atoms with Gasteiger partial charge >= 0.3 is 0 Å². The molecule has 1 N–H and O–H groups in total. The van der Waals surface area contributed by atoms with E-state index in [1.807, 2.05) is 23.6 Å². The summed E-state index contributed by atoms with van der Waals surface area (Å²) in [6.45, 7) is 1.49. The van der Waals surface area contributed by atoms with Crippen molar-refractivity contribution in [3.8, 4) is 22.8 Å². The number of carbonyl (C=O) groups excluding carboxylic acids is 1. The van der Waals surface area contributed by atoms with Crippen molar-refractivity contribution in [1.82, 2.24) is 4.98 Å². The van der Waals surface area contributed by atoms with Crippen molar-refractivity contribution in [2.24, 2.45) is 0 Å². The van der Waals surface area contributed by atoms with Gasteiger partial charge in [0, 0.05) is 28.0 Å². The van der Waals surface area contributed by atoms with Crippen LogP contribution < -0.4 is 14.8 Å². The van der Waals surface area contributed by atoms with Crippen molar-refractivity contribution in [3.05, 3.63) is 58.4 Å². The lowest BCUT2D eigenvalue weighted by Crippen LogP contribution is -2.13. The van der Waals surface area contributed by atoms with Gasteiger partial charge in [0.25, 0.3) is 0 Å². The summed E-state index contributed by atoms with van der Waals surface area (Å²) >= 11 is 7.31. The fourth-order valence-electron chi connectivity index (χ4n) is 2.70. The smallest absolute Gasteiger partial charge is 0.183 e. The van der Waals surface area contributed by atoms with Gasteiger partial charge in [-0.1, -0.05) is 11.6 Å². The summed E-state index contributed by atoms with van der Waals surface area (Å²) in [6.07, 6.45) is 0.871. The highest BCUT2D eigenvalue weighted by atomic mass is 35.5. The molecule has 7 heteroatoms. The van der Waals surface area contributed by atoms with Gasteiger partial charge in [0.2, 0.25) is 0 Å². The number of Topliss-reactive ketones (excluding diaryl/α,β-unsaturated/α-hetero) is 1. The maximum absolute atomic E-state index is 12.2. The molecule has 5 nitrogen and oxygen atoms in total. The molecule has 0 saturated carbocycles. The Balaban J connectivity index is 1.43. The third-order valence-electron chi connectivity index (χ3n) is 4.11. The van der Waals surface area contributed by atoms with E-state index in [9.17, 15) is 4.79 Å². The Hall–Kier alpha value is -2.57. The minimum atomic E-state index is -0.0148. The number of hydrogen-bond acceptors (Lipinski definition) is 6. The van der Waals surface area contributed by atoms with Gasteiger partial charge in [0.15, 0.2) is 22.4 Å². The van der Waals surface area contributed by atoms with E-state index in [0.29, 0.717) is 28.9 Å². The SMILES string of the molecule is O=C(CNc1nc(-c2ccc3c(c2)OCCCO3)cs1)c1ccc(Cl)cc1. The average molecular weight is 401 g/mol. The van der Waals surface area contributed by atoms with Gasteiger partial charge < -0.3 is 14.8 Å². The number of nitrogens with one attached hydrogen (secondary N) is 1. The zero-order valence-corrected chi connectivity index (χ0v) is 16.0. The fraction of sp³-hybridized carbons (Fsp3) is 0.200. The van der Waals surface area contributed by atoms with E-state index in [-0.39, 0.29) is 12.3 Å². The summed E-state index contributed by atoms with van der Waals surface area (Å²) in [4.78, 5) is 16.8. The minimum Gasteiger partial charge on any atom is -0.490 e. The molecule has 2 heterocycles. The second-order valence-corrected chi connectivity index (χ2v) is 7.33. The molecule has 1 aliphatic rings. The van der Waals surface area contributed by atoms with Crippen LogP contribution in [0.15, 0.2) is 47.8 Å². The Kier molecular flexibility index (Phi) is 5.27. The molecule has 2 aromatic carbocycles. The molecule has 0 fully saturated rings. The van der Waals surface area contributed by atoms with Crippen LogP contribution in [0.1, 0.15) is 16.8 Å². The van der Waals surface area contributed by atoms with Crippen LogP contribution in [-0.4, -0.2) is 30.5 Å². The first-order chi connectivity index (χ1) is 13.2. The van der Waals surface area contributed by atoms with Gasteiger partial charge in [-0.05, 0) is 42.5 Å². The maximum atomic E-state index is 12.2. The van der Waals surface area contributed by atoms with Crippen LogP contribution in [0, 0.1) is 0 Å². The van der Waals surface area contributed by atoms with Crippen LogP contribution in [0.3, 0.4) is 0 Å². The molecule has 0 radical (unpaired) electrons. The summed E-state index contributed by atoms with van der Waals surface area (Å²) in [5.41, 5.74) is 2.40. The Bertz CT molecular complexity index is 956. The summed E-state index contributed by atoms with van der Waals surface area (Å²) < 4.78 is 11.4. The van der Waals surface area contributed by atoms with Gasteiger partial charge in [-0.3, -0.25) is 4.79 Å². The molecule has 0 atom stereocenters. The Morgan fingerprint density at radius 2 is 1.89 bits per heavy atom. The number of thiazole rings is 1. The molecular formula is C20H17ClN2O3S. The van der Waals surface area contributed by atoms with E-state index in [4.69, 9.17) is 21.1 Å². The van der Waals surface area contributed by atoms with Gasteiger partial charge in [0.1, 0.15) is 0 Å². The zero-order valence-electron chi connectivity index (χ0n) is 14.4. The standard InChI is InChI=1S/C20H17ClN2O3S/c21-15-5-2-13(3-6-15)17(24)11-22-20-23-16(12-27-20)14-4-7-18-19(10-14)26-9-1-8-25-18/h2-7,10,12H,1,8-9,11H2,(H,22,23). The van der Waals surface area contributed by atoms with Crippen LogP contribution in [0.4, 0.5) is 5.13 Å². The van der Waals surface area contributed by atoms with Gasteiger partial charge in [0.05, 0.1) is 25.5 Å². The van der Waals surface area contributed by atoms with Gasteiger partial charge in [-0.2, -0.15) is 0 Å². The molecule has 0 saturated heterocycles. The number of fused-ring (bicyclic) bond motifs is 1. The third kappa shape index (κ3) is 4.23. The number of carbonyl (C=O) groups is 1. The van der Waals surface area contributed by atoms with E-state index in [1.54, 1.807) is 24.3 Å². The number of hydrogen-bond donors (Lipinski definition) is 1. The molecular weight excluding hydrogens is 384 g/mol. The minimum absolute atomic E-state index is 0.0148. The Morgan fingerprint density at radius 1 is 1.11 bits per heavy atom. The monoisotopic (exact) mass is 400 g/mol. The van der Waals surface area contributed by atoms with Crippen LogP contribution in [0.25, 0.3) is 11.3 Å². The molecule has 0 bridgehead atoms. The number of rotatable bonds is 5. The van der Waals surface area contributed by atoms with E-state index < -0.39 is 0 Å². The van der Waals surface area contributed by atoms with Crippen molar-refractivity contribution < 1.29 is 14.3 Å². The van der Waals surface area contributed by atoms with E-state index in [1.165, 1.54) is 11.3 Å². The van der Waals surface area contributed by atoms with Crippen molar-refractivity contribution in [1.29, 1.82) is 0 Å². The molecule has 1 aromatic heterocycles. The highest BCUT2D eigenvalue weighted by Gasteiger charge is 2.13. The van der Waals surface area contributed by atoms with Crippen molar-refractivity contribution in [2.45, 2.75) is 6.42 Å².